The number of rotatable bonds is 8. The summed E-state index contributed by atoms with van der Waals surface area (Å²) in [5.41, 5.74) is 8.96. The van der Waals surface area contributed by atoms with Crippen LogP contribution in [0.15, 0.2) is 36.4 Å². The van der Waals surface area contributed by atoms with E-state index in [-0.39, 0.29) is 39.4 Å². The normalized spacial score (nSPS) is 11.7. The first kappa shape index (κ1) is 19.0. The van der Waals surface area contributed by atoms with Crippen molar-refractivity contribution in [3.05, 3.63) is 69.8 Å². The highest BCUT2D eigenvalue weighted by molar-refractivity contribution is 6.63. The summed E-state index contributed by atoms with van der Waals surface area (Å²) in [4.78, 5) is 0. The maximum Gasteiger partial charge on any atom is 0.356 e. The van der Waals surface area contributed by atoms with Crippen molar-refractivity contribution in [2.24, 2.45) is 0 Å². The first-order chi connectivity index (χ1) is 11.0. The van der Waals surface area contributed by atoms with E-state index in [1.165, 1.54) is 34.3 Å². The zero-order valence-electron chi connectivity index (χ0n) is 15.4. The van der Waals surface area contributed by atoms with Crippen LogP contribution in [-0.4, -0.2) is 39.4 Å². The Hall–Kier alpha value is -0.360. The van der Waals surface area contributed by atoms with E-state index in [0.717, 1.165) is 0 Å². The van der Waals surface area contributed by atoms with Crippen LogP contribution in [0.25, 0.3) is 0 Å². The van der Waals surface area contributed by atoms with Crippen LogP contribution in [0, 0.1) is 27.7 Å². The summed E-state index contributed by atoms with van der Waals surface area (Å²) in [7, 11) is 0.323. The van der Waals surface area contributed by atoms with Gasteiger partial charge in [0.2, 0.25) is 0 Å². The molecule has 0 nitrogen and oxygen atoms in total. The highest BCUT2D eigenvalue weighted by atomic mass is 28.2. The third kappa shape index (κ3) is 7.38. The van der Waals surface area contributed by atoms with Gasteiger partial charge in [-0.2, -0.15) is 8.35 Å². The lowest BCUT2D eigenvalue weighted by atomic mass is 10.1. The Morgan fingerprint density at radius 3 is 1.30 bits per heavy atom. The number of hydrogen-bond donors (Lipinski definition) is 0. The summed E-state index contributed by atoms with van der Waals surface area (Å²) in [5.74, 6) is 0. The zero-order valence-corrected chi connectivity index (χ0v) is 19.7. The van der Waals surface area contributed by atoms with Gasteiger partial charge in [0.15, 0.2) is 0 Å². The molecule has 3 heteroatoms. The molecule has 2 rings (SSSR count). The molecular formula is C20H30MgSi2. The van der Waals surface area contributed by atoms with E-state index in [2.05, 4.69) is 64.1 Å². The van der Waals surface area contributed by atoms with Crippen LogP contribution in [0.1, 0.15) is 33.4 Å². The van der Waals surface area contributed by atoms with Gasteiger partial charge < -0.3 is 0 Å². The maximum atomic E-state index is 2.40. The Balaban J connectivity index is 1.60. The summed E-state index contributed by atoms with van der Waals surface area (Å²) in [5, 5.41) is 0. The average molecular weight is 351 g/mol. The summed E-state index contributed by atoms with van der Waals surface area (Å²) in [6.45, 7) is 8.91. The second kappa shape index (κ2) is 9.82. The van der Waals surface area contributed by atoms with Crippen LogP contribution in [-0.2, 0) is 12.1 Å². The van der Waals surface area contributed by atoms with Crippen LogP contribution < -0.4 is 0 Å². The van der Waals surface area contributed by atoms with E-state index in [9.17, 15) is 0 Å². The molecule has 2 aromatic rings. The van der Waals surface area contributed by atoms with Crippen LogP contribution >= 0.6 is 0 Å². The van der Waals surface area contributed by atoms with Gasteiger partial charge in [0.1, 0.15) is 0 Å². The van der Waals surface area contributed by atoms with E-state index in [1.54, 1.807) is 19.5 Å². The molecule has 0 amide bonds. The highest BCUT2D eigenvalue weighted by Crippen LogP contribution is 2.10. The van der Waals surface area contributed by atoms with E-state index < -0.39 is 0 Å². The van der Waals surface area contributed by atoms with Crippen LogP contribution in [0.2, 0.25) is 8.35 Å². The number of benzene rings is 2. The van der Waals surface area contributed by atoms with E-state index >= 15 is 0 Å². The monoisotopic (exact) mass is 350 g/mol. The molecule has 0 saturated carbocycles. The van der Waals surface area contributed by atoms with Crippen LogP contribution in [0.3, 0.4) is 0 Å². The fraction of sp³-hybridized carbons (Fsp3) is 0.400. The standard InChI is InChI=1S/2C10H15Si.Mg/c2*1-8-4-9(2)6-10(5-8)7-11-3;/h2*4-6H,3,7,11H2,1-2H3;. The maximum absolute atomic E-state index is 2.40. The van der Waals surface area contributed by atoms with E-state index in [1.807, 2.05) is 0 Å². The van der Waals surface area contributed by atoms with Gasteiger partial charge in [-0.1, -0.05) is 69.8 Å². The zero-order chi connectivity index (χ0) is 16.7. The summed E-state index contributed by atoms with van der Waals surface area (Å²) >= 11 is 0.264. The molecule has 0 radical (unpaired) electrons. The Labute approximate surface area is 156 Å². The predicted molar refractivity (Wildman–Crippen MR) is 112 cm³/mol. The van der Waals surface area contributed by atoms with Crippen molar-refractivity contribution in [2.75, 3.05) is 0 Å². The van der Waals surface area contributed by atoms with Gasteiger partial charge in [0, 0.05) is 19.0 Å². The Bertz CT molecular complexity index is 542. The Morgan fingerprint density at radius 2 is 0.957 bits per heavy atom. The van der Waals surface area contributed by atoms with Crippen LogP contribution in [0.5, 0.6) is 0 Å². The molecule has 0 fully saturated rings. The molecule has 2 aromatic carbocycles. The summed E-state index contributed by atoms with van der Waals surface area (Å²) < 4.78 is 3.35. The van der Waals surface area contributed by atoms with Crippen LogP contribution in [0.4, 0.5) is 0 Å². The molecule has 0 bridgehead atoms. The van der Waals surface area contributed by atoms with Gasteiger partial charge in [-0.15, -0.1) is 0 Å². The minimum absolute atomic E-state index is 0.161. The molecular weight excluding hydrogens is 321 g/mol. The second-order valence-corrected chi connectivity index (χ2v) is 16.0. The quantitative estimate of drug-likeness (QED) is 0.505. The number of aryl methyl sites for hydroxylation is 4. The molecule has 0 saturated heterocycles. The molecule has 120 valence electrons. The molecule has 0 aliphatic rings. The van der Waals surface area contributed by atoms with Crippen molar-refractivity contribution >= 4 is 39.4 Å². The lowest BCUT2D eigenvalue weighted by molar-refractivity contribution is 1.28. The molecule has 0 aliphatic carbocycles. The predicted octanol–water partition coefficient (Wildman–Crippen LogP) is 3.41. The molecule has 0 atom stereocenters. The van der Waals surface area contributed by atoms with Crippen molar-refractivity contribution in [1.29, 1.82) is 0 Å². The number of hydrogen-bond acceptors (Lipinski definition) is 0. The highest BCUT2D eigenvalue weighted by Gasteiger charge is 2.01. The van der Waals surface area contributed by atoms with E-state index in [4.69, 9.17) is 0 Å². The third-order valence-electron chi connectivity index (χ3n) is 4.49. The molecule has 0 spiro atoms. The summed E-state index contributed by atoms with van der Waals surface area (Å²) in [6, 6.07) is 17.0. The molecule has 0 unspecified atom stereocenters. The fourth-order valence-corrected chi connectivity index (χ4v) is 14.4. The van der Waals surface area contributed by atoms with Gasteiger partial charge in [-0.25, -0.2) is 0 Å². The Morgan fingerprint density at radius 1 is 0.609 bits per heavy atom. The molecule has 0 aromatic heterocycles. The van der Waals surface area contributed by atoms with Gasteiger partial charge in [0.25, 0.3) is 0 Å². The second-order valence-electron chi connectivity index (χ2n) is 7.26. The fourth-order valence-electron chi connectivity index (χ4n) is 3.62. The molecule has 0 N–H and O–H groups in total. The average Bonchev–Trinajstić information content (AvgIpc) is 2.44. The van der Waals surface area contributed by atoms with Gasteiger partial charge in [0.05, 0.1) is 0 Å². The third-order valence-corrected chi connectivity index (χ3v) is 14.4. The van der Waals surface area contributed by atoms with Gasteiger partial charge >= 0.3 is 20.4 Å². The molecule has 0 aliphatic heterocycles. The first-order valence-corrected chi connectivity index (χ1v) is 15.2. The smallest absolute Gasteiger partial charge is 0.155 e. The SMILES string of the molecule is Cc1cc(C)cc(C[SiH2][CH2][Mg][CH2][SiH2]Cc2cc(C)cc(C)c2)c1. The lowest BCUT2D eigenvalue weighted by Gasteiger charge is -2.05. The van der Waals surface area contributed by atoms with Crippen molar-refractivity contribution < 1.29 is 0 Å². The Kier molecular flexibility index (Phi) is 8.10. The van der Waals surface area contributed by atoms with Gasteiger partial charge in [-0.05, 0) is 39.8 Å². The summed E-state index contributed by atoms with van der Waals surface area (Å²) in [6.07, 6.45) is 0. The van der Waals surface area contributed by atoms with Gasteiger partial charge in [-0.3, -0.25) is 0 Å². The topological polar surface area (TPSA) is 0 Å². The van der Waals surface area contributed by atoms with Crippen molar-refractivity contribution in [3.8, 4) is 0 Å². The van der Waals surface area contributed by atoms with Crippen molar-refractivity contribution in [2.45, 2.75) is 48.1 Å². The minimum Gasteiger partial charge on any atom is -0.155 e. The minimum atomic E-state index is 0.161. The molecule has 23 heavy (non-hydrogen) atoms. The van der Waals surface area contributed by atoms with Crippen molar-refractivity contribution in [3.63, 3.8) is 0 Å². The largest absolute Gasteiger partial charge is 0.356 e. The van der Waals surface area contributed by atoms with E-state index in [0.29, 0.717) is 0 Å². The van der Waals surface area contributed by atoms with Crippen molar-refractivity contribution in [1.82, 2.24) is 0 Å². The first-order valence-electron chi connectivity index (χ1n) is 9.17. The lowest BCUT2D eigenvalue weighted by Crippen LogP contribution is -2.07. The molecule has 0 heterocycles.